The van der Waals surface area contributed by atoms with Gasteiger partial charge in [0.05, 0.1) is 18.5 Å². The Bertz CT molecular complexity index is 695. The zero-order chi connectivity index (χ0) is 19.2. The van der Waals surface area contributed by atoms with E-state index < -0.39 is 30.6 Å². The summed E-state index contributed by atoms with van der Waals surface area (Å²) in [5.41, 5.74) is 4.63. The molecule has 8 nitrogen and oxygen atoms in total. The Morgan fingerprint density at radius 1 is 1.40 bits per heavy atom. The van der Waals surface area contributed by atoms with Crippen LogP contribution in [0.25, 0.3) is 5.65 Å². The quantitative estimate of drug-likeness (QED) is 0.713. The first-order chi connectivity index (χ1) is 12.0. The van der Waals surface area contributed by atoms with Crippen molar-refractivity contribution >= 4 is 11.5 Å². The molecule has 0 aliphatic carbocycles. The van der Waals surface area contributed by atoms with Crippen LogP contribution in [0, 0.1) is 0 Å². The van der Waals surface area contributed by atoms with Crippen molar-refractivity contribution in [2.75, 3.05) is 12.3 Å². The second-order valence-electron chi connectivity index (χ2n) is 4.81. The highest BCUT2D eigenvalue weighted by molar-refractivity contribution is 5.58. The second kappa shape index (κ2) is 8.84. The zero-order valence-corrected chi connectivity index (χ0v) is 14.9. The van der Waals surface area contributed by atoms with Gasteiger partial charge < -0.3 is 20.7 Å². The Morgan fingerprint density at radius 3 is 2.56 bits per heavy atom. The summed E-state index contributed by atoms with van der Waals surface area (Å²) >= 11 is 0. The first-order valence-corrected chi connectivity index (χ1v) is 8.22. The Morgan fingerprint density at radius 2 is 2.04 bits per heavy atom. The van der Waals surface area contributed by atoms with Gasteiger partial charge in [0.25, 0.3) is 0 Å². The molecule has 4 N–H and O–H groups in total. The van der Waals surface area contributed by atoms with Gasteiger partial charge in [-0.2, -0.15) is 5.10 Å². The third kappa shape index (κ3) is 3.48. The number of imidazole rings is 1. The SMILES string of the molecule is C=C[C@]1(CO)O[C@@H](c2cnc3c(N)ncnn23)[C@H](F)[C@@H]1O.CC.CC. The van der Waals surface area contributed by atoms with Crippen LogP contribution in [-0.4, -0.2) is 54.3 Å². The van der Waals surface area contributed by atoms with Crippen LogP contribution in [-0.2, 0) is 4.74 Å². The number of aliphatic hydroxyl groups excluding tert-OH is 2. The standard InChI is InChI=1S/C12H14FN5O3.2C2H6/c1-2-12(4-19)9(20)7(13)8(21-12)6-3-15-11-10(14)16-5-17-18(6)11;2*1-2/h2-3,5,7-9,19-20H,1,4H2,(H2,14,16,17);2*1-2H3/t7-,8-,9-,12+;;/m0../s1. The lowest BCUT2D eigenvalue weighted by atomic mass is 9.96. The Hall–Kier alpha value is -2.10. The Kier molecular flexibility index (Phi) is 7.40. The van der Waals surface area contributed by atoms with Gasteiger partial charge in [-0.05, 0) is 0 Å². The summed E-state index contributed by atoms with van der Waals surface area (Å²) in [6, 6.07) is 0. The van der Waals surface area contributed by atoms with Gasteiger partial charge in [-0.1, -0.05) is 33.8 Å². The lowest BCUT2D eigenvalue weighted by Gasteiger charge is -2.25. The molecule has 0 amide bonds. The van der Waals surface area contributed by atoms with Crippen LogP contribution in [0.4, 0.5) is 10.2 Å². The van der Waals surface area contributed by atoms with Crippen LogP contribution in [0.1, 0.15) is 39.5 Å². The predicted octanol–water partition coefficient (Wildman–Crippen LogP) is 1.45. The van der Waals surface area contributed by atoms with Crippen molar-refractivity contribution in [2.24, 2.45) is 0 Å². The monoisotopic (exact) mass is 355 g/mol. The summed E-state index contributed by atoms with van der Waals surface area (Å²) in [5, 5.41) is 23.3. The van der Waals surface area contributed by atoms with Crippen molar-refractivity contribution in [1.29, 1.82) is 0 Å². The molecule has 0 aromatic carbocycles. The van der Waals surface area contributed by atoms with Crippen LogP contribution in [0.5, 0.6) is 0 Å². The Balaban J connectivity index is 0.000000730. The molecule has 4 atom stereocenters. The number of halogens is 1. The lowest BCUT2D eigenvalue weighted by Crippen LogP contribution is -2.43. The van der Waals surface area contributed by atoms with E-state index in [-0.39, 0.29) is 17.2 Å². The number of nitrogens with two attached hydrogens (primary N) is 1. The van der Waals surface area contributed by atoms with E-state index >= 15 is 0 Å². The molecular weight excluding hydrogens is 329 g/mol. The number of rotatable bonds is 3. The van der Waals surface area contributed by atoms with Gasteiger partial charge in [0.2, 0.25) is 0 Å². The molecule has 25 heavy (non-hydrogen) atoms. The van der Waals surface area contributed by atoms with Crippen LogP contribution < -0.4 is 5.73 Å². The van der Waals surface area contributed by atoms with E-state index in [1.54, 1.807) is 0 Å². The van der Waals surface area contributed by atoms with E-state index in [9.17, 15) is 14.6 Å². The molecule has 9 heteroatoms. The zero-order valence-electron chi connectivity index (χ0n) is 14.9. The molecule has 0 radical (unpaired) electrons. The number of anilines is 1. The van der Waals surface area contributed by atoms with E-state index in [1.165, 1.54) is 23.1 Å². The van der Waals surface area contributed by atoms with Crippen LogP contribution in [0.3, 0.4) is 0 Å². The summed E-state index contributed by atoms with van der Waals surface area (Å²) in [6.07, 6.45) is -0.730. The molecule has 1 fully saturated rings. The van der Waals surface area contributed by atoms with Crippen molar-refractivity contribution in [3.05, 3.63) is 30.9 Å². The van der Waals surface area contributed by atoms with Gasteiger partial charge in [0, 0.05) is 0 Å². The summed E-state index contributed by atoms with van der Waals surface area (Å²) in [6.45, 7) is 10.9. The molecule has 0 bridgehead atoms. The highest BCUT2D eigenvalue weighted by Gasteiger charge is 2.54. The molecule has 140 valence electrons. The van der Waals surface area contributed by atoms with E-state index in [1.807, 2.05) is 27.7 Å². The highest BCUT2D eigenvalue weighted by Crippen LogP contribution is 2.42. The molecule has 1 saturated heterocycles. The van der Waals surface area contributed by atoms with Gasteiger partial charge >= 0.3 is 0 Å². The van der Waals surface area contributed by atoms with Crippen LogP contribution in [0.15, 0.2) is 25.2 Å². The largest absolute Gasteiger partial charge is 0.393 e. The van der Waals surface area contributed by atoms with E-state index in [4.69, 9.17) is 10.5 Å². The number of aliphatic hydroxyl groups is 2. The number of hydrogen-bond acceptors (Lipinski definition) is 7. The summed E-state index contributed by atoms with van der Waals surface area (Å²) < 4.78 is 21.2. The predicted molar refractivity (Wildman–Crippen MR) is 92.6 cm³/mol. The molecule has 2 aromatic rings. The van der Waals surface area contributed by atoms with E-state index in [2.05, 4.69) is 21.6 Å². The lowest BCUT2D eigenvalue weighted by molar-refractivity contribution is -0.0798. The van der Waals surface area contributed by atoms with Crippen molar-refractivity contribution in [1.82, 2.24) is 19.6 Å². The minimum absolute atomic E-state index is 0.141. The normalized spacial score (nSPS) is 27.9. The summed E-state index contributed by atoms with van der Waals surface area (Å²) in [5.74, 6) is 0.141. The summed E-state index contributed by atoms with van der Waals surface area (Å²) in [7, 11) is 0. The van der Waals surface area contributed by atoms with Crippen molar-refractivity contribution < 1.29 is 19.3 Å². The van der Waals surface area contributed by atoms with Crippen LogP contribution in [0.2, 0.25) is 0 Å². The van der Waals surface area contributed by atoms with E-state index in [0.717, 1.165) is 0 Å². The maximum atomic E-state index is 14.4. The first kappa shape index (κ1) is 20.9. The number of nitrogen functional groups attached to an aromatic ring is 1. The number of nitrogens with zero attached hydrogens (tertiary/aromatic N) is 4. The average molecular weight is 355 g/mol. The molecular formula is C16H26FN5O3. The van der Waals surface area contributed by atoms with Gasteiger partial charge in [-0.3, -0.25) is 0 Å². The number of hydrogen-bond donors (Lipinski definition) is 3. The van der Waals surface area contributed by atoms with Gasteiger partial charge in [0.1, 0.15) is 24.1 Å². The summed E-state index contributed by atoms with van der Waals surface area (Å²) in [4.78, 5) is 7.80. The molecule has 0 saturated carbocycles. The number of ether oxygens (including phenoxy) is 1. The Labute approximate surface area is 146 Å². The second-order valence-corrected chi connectivity index (χ2v) is 4.81. The minimum Gasteiger partial charge on any atom is -0.393 e. The fourth-order valence-electron chi connectivity index (χ4n) is 2.44. The number of aromatic nitrogens is 4. The van der Waals surface area contributed by atoms with E-state index in [0.29, 0.717) is 0 Å². The van der Waals surface area contributed by atoms with Gasteiger partial charge in [-0.25, -0.2) is 18.9 Å². The molecule has 3 rings (SSSR count). The smallest absolute Gasteiger partial charge is 0.196 e. The van der Waals surface area contributed by atoms with Gasteiger partial charge in [0.15, 0.2) is 17.6 Å². The topological polar surface area (TPSA) is 119 Å². The number of fused-ring (bicyclic) bond motifs is 1. The average Bonchev–Trinajstić information content (AvgIpc) is 3.20. The fourth-order valence-corrected chi connectivity index (χ4v) is 2.44. The third-order valence-corrected chi connectivity index (χ3v) is 3.68. The minimum atomic E-state index is -1.77. The molecule has 1 aliphatic rings. The molecule has 0 spiro atoms. The van der Waals surface area contributed by atoms with Crippen molar-refractivity contribution in [3.8, 4) is 0 Å². The van der Waals surface area contributed by atoms with Crippen LogP contribution >= 0.6 is 0 Å². The molecule has 0 unspecified atom stereocenters. The molecule has 3 heterocycles. The maximum Gasteiger partial charge on any atom is 0.196 e. The highest BCUT2D eigenvalue weighted by atomic mass is 19.1. The van der Waals surface area contributed by atoms with Crippen molar-refractivity contribution in [3.63, 3.8) is 0 Å². The van der Waals surface area contributed by atoms with Crippen molar-refractivity contribution in [2.45, 2.75) is 51.7 Å². The fraction of sp³-hybridized carbons (Fsp3) is 0.562. The van der Waals surface area contributed by atoms with Gasteiger partial charge in [-0.15, -0.1) is 6.58 Å². The first-order valence-electron chi connectivity index (χ1n) is 8.22. The molecule has 1 aliphatic heterocycles. The number of alkyl halides is 1. The third-order valence-electron chi connectivity index (χ3n) is 3.68. The molecule has 2 aromatic heterocycles. The maximum absolute atomic E-state index is 14.4.